The van der Waals surface area contributed by atoms with Crippen molar-refractivity contribution in [2.45, 2.75) is 5.92 Å². The van der Waals surface area contributed by atoms with E-state index in [2.05, 4.69) is 5.32 Å². The molecule has 0 atom stereocenters. The van der Waals surface area contributed by atoms with Gasteiger partial charge in [0.1, 0.15) is 13.1 Å². The topological polar surface area (TPSA) is 42.8 Å². The number of rotatable bonds is 6. The van der Waals surface area contributed by atoms with Crippen LogP contribution in [-0.4, -0.2) is 45.3 Å². The minimum absolute atomic E-state index is 0.0695. The Bertz CT molecular complexity index is 585. The van der Waals surface area contributed by atoms with Crippen LogP contribution in [-0.2, 0) is 9.53 Å². The van der Waals surface area contributed by atoms with Crippen molar-refractivity contribution in [2.24, 2.45) is 0 Å². The van der Waals surface area contributed by atoms with Crippen molar-refractivity contribution in [1.29, 1.82) is 0 Å². The van der Waals surface area contributed by atoms with Crippen LogP contribution in [0.1, 0.15) is 17.0 Å². The summed E-state index contributed by atoms with van der Waals surface area (Å²) in [6.07, 6.45) is 0. The van der Waals surface area contributed by atoms with Crippen LogP contribution in [0.4, 0.5) is 0 Å². The van der Waals surface area contributed by atoms with Gasteiger partial charge in [-0.3, -0.25) is 4.79 Å². The number of ether oxygens (including phenoxy) is 1. The summed E-state index contributed by atoms with van der Waals surface area (Å²) in [5, 5.41) is 3.13. The van der Waals surface area contributed by atoms with E-state index >= 15 is 0 Å². The number of morpholine rings is 1. The molecule has 0 aromatic heterocycles. The first-order chi connectivity index (χ1) is 11.8. The third-order valence-corrected chi connectivity index (χ3v) is 4.51. The summed E-state index contributed by atoms with van der Waals surface area (Å²) < 4.78 is 5.37. The van der Waals surface area contributed by atoms with Gasteiger partial charge in [0.25, 0.3) is 0 Å². The number of hydrogen-bond donors (Lipinski definition) is 2. The first-order valence-corrected chi connectivity index (χ1v) is 8.63. The highest BCUT2D eigenvalue weighted by atomic mass is 16.5. The average molecular weight is 325 g/mol. The van der Waals surface area contributed by atoms with Crippen LogP contribution in [0.3, 0.4) is 0 Å². The van der Waals surface area contributed by atoms with Crippen molar-refractivity contribution in [3.63, 3.8) is 0 Å². The number of quaternary nitrogens is 1. The highest BCUT2D eigenvalue weighted by Gasteiger charge is 2.22. The van der Waals surface area contributed by atoms with E-state index in [9.17, 15) is 4.79 Å². The fourth-order valence-corrected chi connectivity index (χ4v) is 3.16. The van der Waals surface area contributed by atoms with E-state index in [-0.39, 0.29) is 11.8 Å². The molecule has 2 aromatic carbocycles. The Labute approximate surface area is 143 Å². The SMILES string of the molecule is O=C(NCC[NH+]1CCOCC1)C(c1ccccc1)c1ccccc1. The molecule has 1 amide bonds. The van der Waals surface area contributed by atoms with Crippen LogP contribution in [0.15, 0.2) is 60.7 Å². The predicted octanol–water partition coefficient (Wildman–Crippen LogP) is 0.850. The Morgan fingerprint density at radius 1 is 0.958 bits per heavy atom. The molecule has 4 heteroatoms. The zero-order chi connectivity index (χ0) is 16.6. The Hall–Kier alpha value is -2.17. The third kappa shape index (κ3) is 4.43. The molecule has 1 aliphatic heterocycles. The first-order valence-electron chi connectivity index (χ1n) is 8.63. The fourth-order valence-electron chi connectivity index (χ4n) is 3.16. The zero-order valence-electron chi connectivity index (χ0n) is 13.9. The molecule has 1 fully saturated rings. The van der Waals surface area contributed by atoms with Crippen molar-refractivity contribution in [3.8, 4) is 0 Å². The van der Waals surface area contributed by atoms with Gasteiger partial charge in [-0.15, -0.1) is 0 Å². The van der Waals surface area contributed by atoms with Crippen LogP contribution in [0, 0.1) is 0 Å². The van der Waals surface area contributed by atoms with E-state index in [1.807, 2.05) is 60.7 Å². The molecule has 3 rings (SSSR count). The lowest BCUT2D eigenvalue weighted by atomic mass is 9.90. The minimum atomic E-state index is -0.257. The van der Waals surface area contributed by atoms with Crippen molar-refractivity contribution < 1.29 is 14.4 Å². The highest BCUT2D eigenvalue weighted by molar-refractivity contribution is 5.87. The van der Waals surface area contributed by atoms with Gasteiger partial charge in [-0.25, -0.2) is 0 Å². The summed E-state index contributed by atoms with van der Waals surface area (Å²) in [5.41, 5.74) is 2.06. The second-order valence-corrected chi connectivity index (χ2v) is 6.16. The van der Waals surface area contributed by atoms with E-state index in [0.29, 0.717) is 6.54 Å². The predicted molar refractivity (Wildman–Crippen MR) is 94.1 cm³/mol. The lowest BCUT2D eigenvalue weighted by molar-refractivity contribution is -0.906. The molecule has 0 spiro atoms. The Balaban J connectivity index is 1.65. The maximum atomic E-state index is 12.8. The van der Waals surface area contributed by atoms with Crippen LogP contribution >= 0.6 is 0 Å². The molecule has 0 radical (unpaired) electrons. The van der Waals surface area contributed by atoms with Crippen LogP contribution in [0.25, 0.3) is 0 Å². The molecule has 1 saturated heterocycles. The summed E-state index contributed by atoms with van der Waals surface area (Å²) in [6.45, 7) is 5.34. The third-order valence-electron chi connectivity index (χ3n) is 4.51. The van der Waals surface area contributed by atoms with E-state index < -0.39 is 0 Å². The summed E-state index contributed by atoms with van der Waals surface area (Å²) in [7, 11) is 0. The maximum absolute atomic E-state index is 12.8. The Morgan fingerprint density at radius 3 is 2.04 bits per heavy atom. The van der Waals surface area contributed by atoms with Gasteiger partial charge >= 0.3 is 0 Å². The van der Waals surface area contributed by atoms with Gasteiger partial charge in [-0.1, -0.05) is 60.7 Å². The monoisotopic (exact) mass is 325 g/mol. The van der Waals surface area contributed by atoms with Gasteiger partial charge in [0.2, 0.25) is 5.91 Å². The molecule has 0 aliphatic carbocycles. The first kappa shape index (κ1) is 16.7. The second kappa shape index (κ2) is 8.62. The minimum Gasteiger partial charge on any atom is -0.370 e. The molecule has 0 saturated carbocycles. The number of nitrogens with one attached hydrogen (secondary N) is 2. The number of carbonyl (C=O) groups is 1. The molecular formula is C20H25N2O2+. The van der Waals surface area contributed by atoms with Gasteiger partial charge in [0.15, 0.2) is 0 Å². The van der Waals surface area contributed by atoms with Gasteiger partial charge in [-0.2, -0.15) is 0 Å². The van der Waals surface area contributed by atoms with E-state index in [1.165, 1.54) is 4.90 Å². The largest absolute Gasteiger partial charge is 0.370 e. The molecule has 4 nitrogen and oxygen atoms in total. The van der Waals surface area contributed by atoms with Gasteiger partial charge in [0, 0.05) is 0 Å². The van der Waals surface area contributed by atoms with E-state index in [1.54, 1.807) is 0 Å². The molecule has 1 heterocycles. The number of benzene rings is 2. The highest BCUT2D eigenvalue weighted by Crippen LogP contribution is 2.24. The maximum Gasteiger partial charge on any atom is 0.232 e. The molecule has 0 unspecified atom stereocenters. The van der Waals surface area contributed by atoms with E-state index in [0.717, 1.165) is 44.0 Å². The average Bonchev–Trinajstić information content (AvgIpc) is 2.65. The van der Waals surface area contributed by atoms with Crippen LogP contribution in [0.2, 0.25) is 0 Å². The van der Waals surface area contributed by atoms with Gasteiger partial charge in [0.05, 0.1) is 32.2 Å². The standard InChI is InChI=1S/C20H24N2O2/c23-20(21-11-12-22-13-15-24-16-14-22)19(17-7-3-1-4-8-17)18-9-5-2-6-10-18/h1-10,19H,11-16H2,(H,21,23)/p+1. The molecule has 126 valence electrons. The number of amides is 1. The molecular weight excluding hydrogens is 300 g/mol. The fraction of sp³-hybridized carbons (Fsp3) is 0.350. The Morgan fingerprint density at radius 2 is 1.50 bits per heavy atom. The summed E-state index contributed by atoms with van der Waals surface area (Å²) in [6, 6.07) is 20.0. The normalized spacial score (nSPS) is 15.4. The number of carbonyl (C=O) groups excluding carboxylic acids is 1. The van der Waals surface area contributed by atoms with E-state index in [4.69, 9.17) is 4.74 Å². The van der Waals surface area contributed by atoms with Gasteiger partial charge in [-0.05, 0) is 11.1 Å². The molecule has 2 aromatic rings. The van der Waals surface area contributed by atoms with Crippen molar-refractivity contribution in [2.75, 3.05) is 39.4 Å². The van der Waals surface area contributed by atoms with Crippen molar-refractivity contribution >= 4 is 5.91 Å². The number of hydrogen-bond acceptors (Lipinski definition) is 2. The molecule has 1 aliphatic rings. The summed E-state index contributed by atoms with van der Waals surface area (Å²) in [5.74, 6) is -0.188. The summed E-state index contributed by atoms with van der Waals surface area (Å²) >= 11 is 0. The molecule has 24 heavy (non-hydrogen) atoms. The zero-order valence-corrected chi connectivity index (χ0v) is 13.9. The quantitative estimate of drug-likeness (QED) is 0.827. The molecule has 0 bridgehead atoms. The summed E-state index contributed by atoms with van der Waals surface area (Å²) in [4.78, 5) is 14.3. The lowest BCUT2D eigenvalue weighted by Crippen LogP contribution is -3.14. The van der Waals surface area contributed by atoms with Crippen molar-refractivity contribution in [3.05, 3.63) is 71.8 Å². The molecule has 2 N–H and O–H groups in total. The van der Waals surface area contributed by atoms with Crippen molar-refractivity contribution in [1.82, 2.24) is 5.32 Å². The lowest BCUT2D eigenvalue weighted by Gasteiger charge is -2.24. The Kier molecular flexibility index (Phi) is 5.99. The van der Waals surface area contributed by atoms with Gasteiger partial charge < -0.3 is 15.0 Å². The van der Waals surface area contributed by atoms with Crippen LogP contribution in [0.5, 0.6) is 0 Å². The second-order valence-electron chi connectivity index (χ2n) is 6.16. The smallest absolute Gasteiger partial charge is 0.232 e. The van der Waals surface area contributed by atoms with Crippen LogP contribution < -0.4 is 10.2 Å².